The lowest BCUT2D eigenvalue weighted by Crippen LogP contribution is -2.27. The van der Waals surface area contributed by atoms with E-state index in [1.807, 2.05) is 12.1 Å². The van der Waals surface area contributed by atoms with E-state index >= 15 is 0 Å². The van der Waals surface area contributed by atoms with Gasteiger partial charge < -0.3 is 9.47 Å². The smallest absolute Gasteiger partial charge is 0.138 e. The lowest BCUT2D eigenvalue weighted by atomic mass is 9.99. The van der Waals surface area contributed by atoms with Gasteiger partial charge >= 0.3 is 0 Å². The summed E-state index contributed by atoms with van der Waals surface area (Å²) < 4.78 is 11.5. The monoisotopic (exact) mass is 409 g/mol. The minimum Gasteiger partial charge on any atom is -0.496 e. The molecule has 0 aliphatic heterocycles. The molecular formula is C26H34O2P. The van der Waals surface area contributed by atoms with Crippen LogP contribution in [0.25, 0.3) is 11.1 Å². The van der Waals surface area contributed by atoms with E-state index in [2.05, 4.69) is 30.3 Å². The van der Waals surface area contributed by atoms with Gasteiger partial charge in [0.05, 0.1) is 19.8 Å². The Kier molecular flexibility index (Phi) is 7.14. The van der Waals surface area contributed by atoms with Crippen molar-refractivity contribution in [2.45, 2.75) is 75.5 Å². The summed E-state index contributed by atoms with van der Waals surface area (Å²) in [5, 5.41) is 1.57. The Hall–Kier alpha value is -1.53. The van der Waals surface area contributed by atoms with Crippen molar-refractivity contribution in [3.63, 3.8) is 0 Å². The predicted molar refractivity (Wildman–Crippen MR) is 124 cm³/mol. The highest BCUT2D eigenvalue weighted by molar-refractivity contribution is 7.67. The number of hydrogen-bond donors (Lipinski definition) is 0. The Morgan fingerprint density at radius 3 is 2.00 bits per heavy atom. The average Bonchev–Trinajstić information content (AvgIpc) is 2.80. The highest BCUT2D eigenvalue weighted by Gasteiger charge is 2.34. The minimum atomic E-state index is -0.196. The zero-order valence-electron chi connectivity index (χ0n) is 18.0. The summed E-state index contributed by atoms with van der Waals surface area (Å²) >= 11 is 0. The summed E-state index contributed by atoms with van der Waals surface area (Å²) in [5.74, 6) is 1.68. The fraction of sp³-hybridized carbons (Fsp3) is 0.538. The number of methoxy groups -OCH3 is 2. The second-order valence-electron chi connectivity index (χ2n) is 8.46. The summed E-state index contributed by atoms with van der Waals surface area (Å²) in [6.07, 6.45) is 14.1. The molecule has 2 saturated carbocycles. The fourth-order valence-electron chi connectivity index (χ4n) is 5.37. The highest BCUT2D eigenvalue weighted by atomic mass is 31.1. The van der Waals surface area contributed by atoms with Crippen LogP contribution in [-0.2, 0) is 0 Å². The summed E-state index contributed by atoms with van der Waals surface area (Å²) in [6, 6.07) is 16.3. The number of ether oxygens (including phenoxy) is 2. The van der Waals surface area contributed by atoms with Crippen molar-refractivity contribution in [1.82, 2.24) is 0 Å². The third-order valence-corrected chi connectivity index (χ3v) is 10.3. The van der Waals surface area contributed by atoms with Crippen LogP contribution in [0, 0.1) is 6.07 Å². The molecule has 2 aromatic rings. The topological polar surface area (TPSA) is 18.5 Å². The third-order valence-electron chi connectivity index (χ3n) is 6.73. The summed E-state index contributed by atoms with van der Waals surface area (Å²) in [6.45, 7) is 0. The lowest BCUT2D eigenvalue weighted by Gasteiger charge is -2.39. The van der Waals surface area contributed by atoms with Gasteiger partial charge in [0.2, 0.25) is 0 Å². The molecular weight excluding hydrogens is 375 g/mol. The first-order valence-corrected chi connectivity index (χ1v) is 12.8. The van der Waals surface area contributed by atoms with Crippen LogP contribution in [0.1, 0.15) is 64.2 Å². The van der Waals surface area contributed by atoms with Crippen molar-refractivity contribution < 1.29 is 9.47 Å². The zero-order valence-corrected chi connectivity index (χ0v) is 18.8. The largest absolute Gasteiger partial charge is 0.496 e. The van der Waals surface area contributed by atoms with E-state index in [-0.39, 0.29) is 7.92 Å². The van der Waals surface area contributed by atoms with E-state index in [4.69, 9.17) is 9.47 Å². The molecule has 2 aliphatic carbocycles. The van der Waals surface area contributed by atoms with Crippen LogP contribution in [0.3, 0.4) is 0 Å². The Balaban J connectivity index is 1.83. The van der Waals surface area contributed by atoms with Gasteiger partial charge in [0, 0.05) is 6.07 Å². The van der Waals surface area contributed by atoms with Gasteiger partial charge in [-0.05, 0) is 60.0 Å². The molecule has 0 saturated heterocycles. The van der Waals surface area contributed by atoms with Crippen LogP contribution >= 0.6 is 7.92 Å². The second-order valence-corrected chi connectivity index (χ2v) is 11.2. The first-order chi connectivity index (χ1) is 14.3. The van der Waals surface area contributed by atoms with Crippen molar-refractivity contribution in [2.24, 2.45) is 0 Å². The molecule has 0 bridgehead atoms. The minimum absolute atomic E-state index is 0.196. The molecule has 1 radical (unpaired) electrons. The van der Waals surface area contributed by atoms with E-state index < -0.39 is 0 Å². The SMILES string of the molecule is COc1[c]ccc(OC)c1-c1ccccc1P(C1CCCCC1)C1CCCCC1. The van der Waals surface area contributed by atoms with Crippen molar-refractivity contribution in [3.8, 4) is 22.6 Å². The maximum Gasteiger partial charge on any atom is 0.138 e. The first-order valence-electron chi connectivity index (χ1n) is 11.3. The molecule has 155 valence electrons. The predicted octanol–water partition coefficient (Wildman–Crippen LogP) is 6.94. The van der Waals surface area contributed by atoms with Gasteiger partial charge in [-0.15, -0.1) is 0 Å². The zero-order chi connectivity index (χ0) is 20.1. The molecule has 29 heavy (non-hydrogen) atoms. The molecule has 0 N–H and O–H groups in total. The van der Waals surface area contributed by atoms with Crippen molar-refractivity contribution >= 4 is 13.2 Å². The van der Waals surface area contributed by atoms with Crippen molar-refractivity contribution in [2.75, 3.05) is 14.2 Å². The summed E-state index contributed by atoms with van der Waals surface area (Å²) in [7, 11) is 3.30. The van der Waals surface area contributed by atoms with Crippen LogP contribution < -0.4 is 14.8 Å². The molecule has 0 spiro atoms. The van der Waals surface area contributed by atoms with Gasteiger partial charge in [-0.2, -0.15) is 0 Å². The van der Waals surface area contributed by atoms with E-state index in [1.165, 1.54) is 69.8 Å². The highest BCUT2D eigenvalue weighted by Crippen LogP contribution is 2.57. The molecule has 0 heterocycles. The van der Waals surface area contributed by atoms with Crippen molar-refractivity contribution in [3.05, 3.63) is 42.5 Å². The molecule has 0 amide bonds. The Morgan fingerprint density at radius 1 is 0.793 bits per heavy atom. The standard InChI is InChI=1S/C26H34O2P/c1-27-23-17-11-18-24(28-2)26(23)22-16-9-10-19-25(22)29(20-12-5-3-6-13-20)21-14-7-4-8-15-21/h9-11,16-17,19-21H,3-8,12-15H2,1-2H3. The van der Waals surface area contributed by atoms with Gasteiger partial charge in [-0.25, -0.2) is 0 Å². The molecule has 2 nitrogen and oxygen atoms in total. The third kappa shape index (κ3) is 4.48. The van der Waals surface area contributed by atoms with Gasteiger partial charge in [0.25, 0.3) is 0 Å². The van der Waals surface area contributed by atoms with E-state index in [0.29, 0.717) is 0 Å². The quantitative estimate of drug-likeness (QED) is 0.481. The Bertz CT molecular complexity index is 751. The van der Waals surface area contributed by atoms with Crippen LogP contribution in [0.15, 0.2) is 36.4 Å². The molecule has 2 fully saturated rings. The fourth-order valence-corrected chi connectivity index (χ4v) is 9.32. The Labute approximate surface area is 177 Å². The van der Waals surface area contributed by atoms with E-state index in [0.717, 1.165) is 28.4 Å². The number of rotatable bonds is 6. The second kappa shape index (κ2) is 9.98. The molecule has 0 unspecified atom stereocenters. The van der Waals surface area contributed by atoms with Crippen LogP contribution in [0.2, 0.25) is 0 Å². The normalized spacial score (nSPS) is 18.7. The number of hydrogen-bond acceptors (Lipinski definition) is 2. The van der Waals surface area contributed by atoms with Crippen molar-refractivity contribution in [1.29, 1.82) is 0 Å². The van der Waals surface area contributed by atoms with Crippen LogP contribution in [0.5, 0.6) is 11.5 Å². The van der Waals surface area contributed by atoms with Gasteiger partial charge in [-0.3, -0.25) is 0 Å². The first kappa shape index (κ1) is 20.7. The van der Waals surface area contributed by atoms with Gasteiger partial charge in [0.15, 0.2) is 0 Å². The maximum atomic E-state index is 5.78. The average molecular weight is 410 g/mol. The molecule has 2 aliphatic rings. The molecule has 3 heteroatoms. The van der Waals surface area contributed by atoms with Crippen LogP contribution in [-0.4, -0.2) is 25.5 Å². The molecule has 4 rings (SSSR count). The lowest BCUT2D eigenvalue weighted by molar-refractivity contribution is 0.397. The van der Waals surface area contributed by atoms with Gasteiger partial charge in [0.1, 0.15) is 11.5 Å². The van der Waals surface area contributed by atoms with E-state index in [9.17, 15) is 0 Å². The molecule has 0 aromatic heterocycles. The Morgan fingerprint density at radius 2 is 1.41 bits per heavy atom. The molecule has 0 atom stereocenters. The number of benzene rings is 2. The molecule has 2 aromatic carbocycles. The van der Waals surface area contributed by atoms with Gasteiger partial charge in [-0.1, -0.05) is 70.7 Å². The summed E-state index contributed by atoms with van der Waals surface area (Å²) in [5.41, 5.74) is 4.12. The maximum absolute atomic E-state index is 5.78. The van der Waals surface area contributed by atoms with E-state index in [1.54, 1.807) is 19.5 Å². The summed E-state index contributed by atoms with van der Waals surface area (Å²) in [4.78, 5) is 0. The van der Waals surface area contributed by atoms with Crippen LogP contribution in [0.4, 0.5) is 0 Å².